The Balaban J connectivity index is 1.81. The van der Waals surface area contributed by atoms with E-state index >= 15 is 0 Å². The standard InChI is InChI=1S/C20H18F4N6O3S/c21-6-11(7-22)29-34(31,32)13-9-26-18(27-10-13)17-15(8-25)14-4-5-16(33-20(23)24)28-19(14)30(17)12-2-1-3-12/h4-5,9-12,20,29H,1-3,6-7H2. The summed E-state index contributed by atoms with van der Waals surface area (Å²) in [6.45, 7) is -5.54. The number of hydrogen-bond acceptors (Lipinski definition) is 7. The predicted octanol–water partition coefficient (Wildman–Crippen LogP) is 3.28. The molecule has 0 aromatic carbocycles. The summed E-state index contributed by atoms with van der Waals surface area (Å²) in [6, 6.07) is 3.09. The second-order valence-corrected chi connectivity index (χ2v) is 9.27. The first-order valence-electron chi connectivity index (χ1n) is 10.2. The lowest BCUT2D eigenvalue weighted by Gasteiger charge is -2.29. The van der Waals surface area contributed by atoms with Gasteiger partial charge in [-0.3, -0.25) is 0 Å². The molecule has 34 heavy (non-hydrogen) atoms. The lowest BCUT2D eigenvalue weighted by Crippen LogP contribution is -2.38. The predicted molar refractivity (Wildman–Crippen MR) is 111 cm³/mol. The molecule has 0 atom stereocenters. The molecule has 1 aliphatic carbocycles. The summed E-state index contributed by atoms with van der Waals surface area (Å²) in [7, 11) is -4.29. The normalized spacial score (nSPS) is 14.5. The van der Waals surface area contributed by atoms with E-state index in [1.54, 1.807) is 4.57 Å². The Morgan fingerprint density at radius 2 is 1.88 bits per heavy atom. The van der Waals surface area contributed by atoms with Crippen molar-refractivity contribution in [1.29, 1.82) is 5.26 Å². The Hall–Kier alpha value is -3.31. The number of fused-ring (bicyclic) bond motifs is 1. The van der Waals surface area contributed by atoms with Crippen LogP contribution in [-0.2, 0) is 10.0 Å². The van der Waals surface area contributed by atoms with Gasteiger partial charge < -0.3 is 9.30 Å². The molecule has 0 bridgehead atoms. The third kappa shape index (κ3) is 4.40. The highest BCUT2D eigenvalue weighted by Gasteiger charge is 2.30. The Kier molecular flexibility index (Phi) is 6.67. The molecule has 180 valence electrons. The maximum Gasteiger partial charge on any atom is 0.388 e. The largest absolute Gasteiger partial charge is 0.417 e. The van der Waals surface area contributed by atoms with Gasteiger partial charge in [0.2, 0.25) is 15.9 Å². The van der Waals surface area contributed by atoms with Crippen LogP contribution in [0.2, 0.25) is 0 Å². The summed E-state index contributed by atoms with van der Waals surface area (Å²) in [5.74, 6) is -0.315. The molecule has 0 spiro atoms. The molecule has 3 heterocycles. The molecule has 1 fully saturated rings. The van der Waals surface area contributed by atoms with E-state index in [4.69, 9.17) is 0 Å². The monoisotopic (exact) mass is 498 g/mol. The smallest absolute Gasteiger partial charge is 0.388 e. The van der Waals surface area contributed by atoms with Gasteiger partial charge >= 0.3 is 6.61 Å². The van der Waals surface area contributed by atoms with Gasteiger partial charge in [-0.2, -0.15) is 19.0 Å². The first-order chi connectivity index (χ1) is 16.3. The first-order valence-corrected chi connectivity index (χ1v) is 11.6. The second kappa shape index (κ2) is 9.51. The van der Waals surface area contributed by atoms with Gasteiger partial charge in [-0.15, -0.1) is 0 Å². The van der Waals surface area contributed by atoms with Gasteiger partial charge in [-0.05, 0) is 25.3 Å². The van der Waals surface area contributed by atoms with Crippen molar-refractivity contribution in [1.82, 2.24) is 24.2 Å². The van der Waals surface area contributed by atoms with Crippen LogP contribution in [-0.4, -0.2) is 53.9 Å². The maximum atomic E-state index is 12.7. The number of halogens is 4. The number of rotatable bonds is 9. The number of nitriles is 1. The van der Waals surface area contributed by atoms with Crippen molar-refractivity contribution >= 4 is 21.1 Å². The van der Waals surface area contributed by atoms with Crippen LogP contribution in [0.3, 0.4) is 0 Å². The molecule has 0 saturated heterocycles. The third-order valence-electron chi connectivity index (χ3n) is 5.43. The van der Waals surface area contributed by atoms with Gasteiger partial charge in [0, 0.05) is 17.5 Å². The Morgan fingerprint density at radius 1 is 1.21 bits per heavy atom. The summed E-state index contributed by atoms with van der Waals surface area (Å²) in [4.78, 5) is 11.9. The third-order valence-corrected chi connectivity index (χ3v) is 6.91. The Bertz CT molecular complexity index is 1330. The van der Waals surface area contributed by atoms with E-state index in [2.05, 4.69) is 25.8 Å². The van der Waals surface area contributed by atoms with E-state index in [1.165, 1.54) is 12.1 Å². The lowest BCUT2D eigenvalue weighted by molar-refractivity contribution is -0.0526. The number of pyridine rings is 1. The quantitative estimate of drug-likeness (QED) is 0.449. The molecular formula is C20H18F4N6O3S. The highest BCUT2D eigenvalue weighted by Crippen LogP contribution is 2.41. The zero-order chi connectivity index (χ0) is 24.5. The molecule has 0 aliphatic heterocycles. The van der Waals surface area contributed by atoms with Crippen LogP contribution < -0.4 is 9.46 Å². The van der Waals surface area contributed by atoms with Crippen LogP contribution >= 0.6 is 0 Å². The minimum atomic E-state index is -4.29. The van der Waals surface area contributed by atoms with Crippen LogP contribution in [0.5, 0.6) is 5.88 Å². The fourth-order valence-electron chi connectivity index (χ4n) is 3.62. The minimum Gasteiger partial charge on any atom is -0.417 e. The van der Waals surface area contributed by atoms with Gasteiger partial charge in [0.25, 0.3) is 0 Å². The fourth-order valence-corrected chi connectivity index (χ4v) is 4.71. The minimum absolute atomic E-state index is 0.00395. The molecule has 4 rings (SSSR count). The van der Waals surface area contributed by atoms with E-state index in [1.807, 2.05) is 4.72 Å². The zero-order valence-corrected chi connectivity index (χ0v) is 18.3. The van der Waals surface area contributed by atoms with Crippen molar-refractivity contribution in [3.63, 3.8) is 0 Å². The SMILES string of the molecule is N#Cc1c(-c2ncc(S(=O)(=O)NC(CF)CF)cn2)n(C2CCC2)c2nc(OC(F)F)ccc12. The number of sulfonamides is 1. The van der Waals surface area contributed by atoms with Crippen LogP contribution in [0, 0.1) is 11.3 Å². The van der Waals surface area contributed by atoms with Crippen molar-refractivity contribution < 1.29 is 30.7 Å². The van der Waals surface area contributed by atoms with E-state index in [9.17, 15) is 31.2 Å². The number of aromatic nitrogens is 4. The molecule has 1 saturated carbocycles. The van der Waals surface area contributed by atoms with Crippen LogP contribution in [0.4, 0.5) is 17.6 Å². The molecule has 1 aliphatic rings. The van der Waals surface area contributed by atoms with E-state index in [0.29, 0.717) is 5.39 Å². The fraction of sp³-hybridized carbons (Fsp3) is 0.400. The highest BCUT2D eigenvalue weighted by molar-refractivity contribution is 7.89. The number of nitrogens with one attached hydrogen (secondary N) is 1. The average molecular weight is 498 g/mol. The lowest BCUT2D eigenvalue weighted by atomic mass is 9.92. The molecular weight excluding hydrogens is 480 g/mol. The molecule has 0 radical (unpaired) electrons. The first kappa shape index (κ1) is 23.8. The van der Waals surface area contributed by atoms with Gasteiger partial charge in [-0.1, -0.05) is 0 Å². The second-order valence-electron chi connectivity index (χ2n) is 7.56. The molecule has 3 aromatic rings. The van der Waals surface area contributed by atoms with Gasteiger partial charge in [0.15, 0.2) is 5.82 Å². The summed E-state index contributed by atoms with van der Waals surface area (Å²) in [6.07, 6.45) is 4.32. The molecule has 0 amide bonds. The van der Waals surface area contributed by atoms with Crippen molar-refractivity contribution in [3.8, 4) is 23.5 Å². The molecule has 3 aromatic heterocycles. The van der Waals surface area contributed by atoms with Gasteiger partial charge in [-0.25, -0.2) is 31.9 Å². The molecule has 1 N–H and O–H groups in total. The summed E-state index contributed by atoms with van der Waals surface area (Å²) in [5, 5.41) is 10.2. The van der Waals surface area contributed by atoms with Crippen molar-refractivity contribution in [3.05, 3.63) is 30.1 Å². The van der Waals surface area contributed by atoms with Gasteiger partial charge in [0.1, 0.15) is 35.7 Å². The highest BCUT2D eigenvalue weighted by atomic mass is 32.2. The van der Waals surface area contributed by atoms with E-state index < -0.39 is 40.9 Å². The summed E-state index contributed by atoms with van der Waals surface area (Å²) >= 11 is 0. The number of ether oxygens (including phenoxy) is 1. The summed E-state index contributed by atoms with van der Waals surface area (Å²) < 4.78 is 83.6. The van der Waals surface area contributed by atoms with Crippen LogP contribution in [0.15, 0.2) is 29.4 Å². The van der Waals surface area contributed by atoms with Crippen LogP contribution in [0.1, 0.15) is 30.9 Å². The van der Waals surface area contributed by atoms with Crippen molar-refractivity contribution in [2.24, 2.45) is 0 Å². The number of alkyl halides is 4. The number of hydrogen-bond donors (Lipinski definition) is 1. The van der Waals surface area contributed by atoms with Crippen molar-refractivity contribution in [2.45, 2.75) is 42.9 Å². The Labute approximate surface area is 191 Å². The van der Waals surface area contributed by atoms with Crippen molar-refractivity contribution in [2.75, 3.05) is 13.3 Å². The van der Waals surface area contributed by atoms with Crippen LogP contribution in [0.25, 0.3) is 22.6 Å². The molecule has 14 heteroatoms. The average Bonchev–Trinajstić information content (AvgIpc) is 3.09. The van der Waals surface area contributed by atoms with E-state index in [0.717, 1.165) is 31.7 Å². The Morgan fingerprint density at radius 3 is 2.41 bits per heavy atom. The maximum absolute atomic E-state index is 12.7. The summed E-state index contributed by atoms with van der Waals surface area (Å²) in [5.41, 5.74) is 0.637. The number of nitrogens with zero attached hydrogens (tertiary/aromatic N) is 5. The van der Waals surface area contributed by atoms with Gasteiger partial charge in [0.05, 0.1) is 24.0 Å². The molecule has 0 unspecified atom stereocenters. The zero-order valence-electron chi connectivity index (χ0n) is 17.5. The topological polar surface area (TPSA) is 123 Å². The van der Waals surface area contributed by atoms with E-state index in [-0.39, 0.29) is 34.7 Å². The molecule has 9 nitrogen and oxygen atoms in total.